The maximum absolute atomic E-state index is 5.96. The topological polar surface area (TPSA) is 137 Å². The van der Waals surface area contributed by atoms with Crippen LogP contribution in [0.1, 0.15) is 49.5 Å². The molecule has 1 aliphatic rings. The molecular formula is C25H28N8O2. The van der Waals surface area contributed by atoms with E-state index in [9.17, 15) is 0 Å². The highest BCUT2D eigenvalue weighted by Crippen LogP contribution is 2.38. The van der Waals surface area contributed by atoms with Gasteiger partial charge in [-0.3, -0.25) is 0 Å². The summed E-state index contributed by atoms with van der Waals surface area (Å²) in [5.74, 6) is 3.72. The lowest BCUT2D eigenvalue weighted by Gasteiger charge is -2.17. The Bertz CT molecular complexity index is 1270. The zero-order valence-corrected chi connectivity index (χ0v) is 19.6. The van der Waals surface area contributed by atoms with Gasteiger partial charge >= 0.3 is 0 Å². The van der Waals surface area contributed by atoms with Gasteiger partial charge in [0.05, 0.1) is 18.4 Å². The SMILES string of the molecule is COc1c(Nc2nc(Nc3ccccn3)ncc2CN)cccc1-c1noc(C2CCCCC2)n1. The monoisotopic (exact) mass is 472 g/mol. The molecule has 1 aromatic carbocycles. The van der Waals surface area contributed by atoms with Gasteiger partial charge in [0, 0.05) is 30.4 Å². The Hall–Kier alpha value is -4.05. The number of nitrogens with one attached hydrogen (secondary N) is 2. The van der Waals surface area contributed by atoms with E-state index in [1.54, 1.807) is 19.5 Å². The van der Waals surface area contributed by atoms with E-state index in [1.165, 1.54) is 19.3 Å². The summed E-state index contributed by atoms with van der Waals surface area (Å²) in [6, 6.07) is 11.3. The maximum Gasteiger partial charge on any atom is 0.230 e. The maximum atomic E-state index is 5.96. The molecule has 5 rings (SSSR count). The number of aromatic nitrogens is 5. The third-order valence-corrected chi connectivity index (χ3v) is 6.10. The summed E-state index contributed by atoms with van der Waals surface area (Å²) in [4.78, 5) is 17.9. The van der Waals surface area contributed by atoms with E-state index >= 15 is 0 Å². The largest absolute Gasteiger partial charge is 0.494 e. The summed E-state index contributed by atoms with van der Waals surface area (Å²) in [5, 5.41) is 10.7. The third-order valence-electron chi connectivity index (χ3n) is 6.10. The molecule has 0 saturated heterocycles. The highest BCUT2D eigenvalue weighted by Gasteiger charge is 2.24. The van der Waals surface area contributed by atoms with Crippen LogP contribution in [0, 0.1) is 0 Å². The van der Waals surface area contributed by atoms with Crippen molar-refractivity contribution in [1.29, 1.82) is 0 Å². The average molecular weight is 473 g/mol. The molecule has 0 aliphatic heterocycles. The molecule has 1 saturated carbocycles. The van der Waals surface area contributed by atoms with E-state index in [-0.39, 0.29) is 6.54 Å². The third kappa shape index (κ3) is 5.07. The Morgan fingerprint density at radius 1 is 1.03 bits per heavy atom. The summed E-state index contributed by atoms with van der Waals surface area (Å²) >= 11 is 0. The molecular weight excluding hydrogens is 444 g/mol. The molecule has 0 unspecified atom stereocenters. The number of hydrogen-bond acceptors (Lipinski definition) is 10. The zero-order chi connectivity index (χ0) is 24.0. The summed E-state index contributed by atoms with van der Waals surface area (Å²) in [6.07, 6.45) is 9.23. The molecule has 0 spiro atoms. The number of pyridine rings is 1. The van der Waals surface area contributed by atoms with E-state index in [2.05, 4.69) is 30.7 Å². The molecule has 180 valence electrons. The van der Waals surface area contributed by atoms with Crippen LogP contribution in [0.4, 0.5) is 23.3 Å². The molecule has 4 aromatic rings. The van der Waals surface area contributed by atoms with Gasteiger partial charge < -0.3 is 25.6 Å². The van der Waals surface area contributed by atoms with Gasteiger partial charge in [0.2, 0.25) is 17.7 Å². The van der Waals surface area contributed by atoms with Gasteiger partial charge in [-0.2, -0.15) is 9.97 Å². The molecule has 0 bridgehead atoms. The fourth-order valence-corrected chi connectivity index (χ4v) is 4.29. The first-order chi connectivity index (χ1) is 17.2. The van der Waals surface area contributed by atoms with Gasteiger partial charge in [-0.25, -0.2) is 9.97 Å². The normalized spacial score (nSPS) is 14.0. The molecule has 0 atom stereocenters. The molecule has 35 heavy (non-hydrogen) atoms. The number of anilines is 4. The number of nitrogens with two attached hydrogens (primary N) is 1. The Balaban J connectivity index is 1.43. The van der Waals surface area contributed by atoms with Crippen molar-refractivity contribution in [3.63, 3.8) is 0 Å². The molecule has 0 amide bonds. The Morgan fingerprint density at radius 3 is 2.69 bits per heavy atom. The molecule has 3 aromatic heterocycles. The summed E-state index contributed by atoms with van der Waals surface area (Å²) in [6.45, 7) is 0.268. The average Bonchev–Trinajstić information content (AvgIpc) is 3.40. The molecule has 1 fully saturated rings. The van der Waals surface area contributed by atoms with Crippen LogP contribution in [-0.4, -0.2) is 32.2 Å². The van der Waals surface area contributed by atoms with Crippen LogP contribution in [0.3, 0.4) is 0 Å². The van der Waals surface area contributed by atoms with Crippen molar-refractivity contribution in [3.05, 3.63) is 60.2 Å². The smallest absolute Gasteiger partial charge is 0.230 e. The van der Waals surface area contributed by atoms with Crippen molar-refractivity contribution in [2.75, 3.05) is 17.7 Å². The zero-order valence-electron chi connectivity index (χ0n) is 19.6. The van der Waals surface area contributed by atoms with Gasteiger partial charge in [0.1, 0.15) is 11.6 Å². The number of methoxy groups -OCH3 is 1. The first-order valence-electron chi connectivity index (χ1n) is 11.8. The predicted molar refractivity (Wildman–Crippen MR) is 133 cm³/mol. The highest BCUT2D eigenvalue weighted by molar-refractivity contribution is 5.77. The standard InChI is InChI=1S/C25H28N8O2/c1-34-21-18(23-31-24(35-33-23)16-8-3-2-4-9-16)10-7-11-19(21)29-22-17(14-26)15-28-25(32-22)30-20-12-5-6-13-27-20/h5-7,10-13,15-16H,2-4,8-9,14,26H2,1H3,(H2,27,28,29,30,32). The van der Waals surface area contributed by atoms with E-state index < -0.39 is 0 Å². The van der Waals surface area contributed by atoms with E-state index in [4.69, 9.17) is 20.0 Å². The van der Waals surface area contributed by atoms with Crippen LogP contribution < -0.4 is 21.1 Å². The number of benzene rings is 1. The molecule has 1 aliphatic carbocycles. The molecule has 10 nitrogen and oxygen atoms in total. The minimum atomic E-state index is 0.268. The Labute approximate surface area is 203 Å². The quantitative estimate of drug-likeness (QED) is 0.324. The van der Waals surface area contributed by atoms with Crippen molar-refractivity contribution in [3.8, 4) is 17.1 Å². The van der Waals surface area contributed by atoms with Crippen LogP contribution >= 0.6 is 0 Å². The van der Waals surface area contributed by atoms with Crippen LogP contribution in [0.2, 0.25) is 0 Å². The first-order valence-corrected chi connectivity index (χ1v) is 11.8. The lowest BCUT2D eigenvalue weighted by atomic mass is 9.89. The lowest BCUT2D eigenvalue weighted by molar-refractivity contribution is 0.314. The van der Waals surface area contributed by atoms with Gasteiger partial charge in [0.15, 0.2) is 5.75 Å². The number of hydrogen-bond donors (Lipinski definition) is 3. The predicted octanol–water partition coefficient (Wildman–Crippen LogP) is 4.92. The van der Waals surface area contributed by atoms with Gasteiger partial charge in [0.25, 0.3) is 0 Å². The van der Waals surface area contributed by atoms with E-state index in [0.29, 0.717) is 46.7 Å². The molecule has 0 radical (unpaired) electrons. The first kappa shape index (κ1) is 22.7. The minimum absolute atomic E-state index is 0.268. The number of rotatable bonds is 8. The molecule has 4 N–H and O–H groups in total. The van der Waals surface area contributed by atoms with E-state index in [1.807, 2.05) is 36.4 Å². The summed E-state index contributed by atoms with van der Waals surface area (Å²) in [7, 11) is 1.62. The summed E-state index contributed by atoms with van der Waals surface area (Å²) < 4.78 is 11.4. The minimum Gasteiger partial charge on any atom is -0.494 e. The highest BCUT2D eigenvalue weighted by atomic mass is 16.5. The van der Waals surface area contributed by atoms with E-state index in [0.717, 1.165) is 24.0 Å². The lowest BCUT2D eigenvalue weighted by Crippen LogP contribution is -2.08. The molecule has 10 heteroatoms. The fraction of sp³-hybridized carbons (Fsp3) is 0.320. The number of para-hydroxylation sites is 1. The van der Waals surface area contributed by atoms with Crippen molar-refractivity contribution in [2.24, 2.45) is 5.73 Å². The number of nitrogens with zero attached hydrogens (tertiary/aromatic N) is 5. The van der Waals surface area contributed by atoms with Crippen molar-refractivity contribution < 1.29 is 9.26 Å². The van der Waals surface area contributed by atoms with Crippen LogP contribution in [0.5, 0.6) is 5.75 Å². The van der Waals surface area contributed by atoms with Crippen molar-refractivity contribution in [2.45, 2.75) is 44.6 Å². The molecule has 3 heterocycles. The Kier molecular flexibility index (Phi) is 6.80. The van der Waals surface area contributed by atoms with Crippen LogP contribution in [-0.2, 0) is 6.54 Å². The fourth-order valence-electron chi connectivity index (χ4n) is 4.29. The van der Waals surface area contributed by atoms with Gasteiger partial charge in [-0.05, 0) is 37.1 Å². The Morgan fingerprint density at radius 2 is 1.91 bits per heavy atom. The number of ether oxygens (including phenoxy) is 1. The second kappa shape index (κ2) is 10.5. The van der Waals surface area contributed by atoms with Crippen molar-refractivity contribution in [1.82, 2.24) is 25.1 Å². The van der Waals surface area contributed by atoms with Crippen LogP contribution in [0.15, 0.2) is 53.3 Å². The second-order valence-electron chi connectivity index (χ2n) is 8.41. The van der Waals surface area contributed by atoms with Crippen molar-refractivity contribution >= 4 is 23.3 Å². The van der Waals surface area contributed by atoms with Gasteiger partial charge in [-0.15, -0.1) is 0 Å². The second-order valence-corrected chi connectivity index (χ2v) is 8.41. The summed E-state index contributed by atoms with van der Waals surface area (Å²) in [5.41, 5.74) is 8.14. The van der Waals surface area contributed by atoms with Gasteiger partial charge in [-0.1, -0.05) is 36.6 Å². The van der Waals surface area contributed by atoms with Crippen LogP contribution in [0.25, 0.3) is 11.4 Å².